The maximum Gasteiger partial charge on any atom is 0.409 e. The van der Waals surface area contributed by atoms with Crippen molar-refractivity contribution in [1.82, 2.24) is 4.90 Å². The van der Waals surface area contributed by atoms with E-state index in [0.29, 0.717) is 25.4 Å². The van der Waals surface area contributed by atoms with Crippen molar-refractivity contribution in [3.05, 3.63) is 29.0 Å². The summed E-state index contributed by atoms with van der Waals surface area (Å²) >= 11 is 5.62. The van der Waals surface area contributed by atoms with Crippen molar-refractivity contribution < 1.29 is 18.7 Å². The molecule has 1 saturated heterocycles. The molecule has 1 aromatic carbocycles. The first-order valence-electron chi connectivity index (χ1n) is 6.23. The van der Waals surface area contributed by atoms with Gasteiger partial charge >= 0.3 is 6.09 Å². The summed E-state index contributed by atoms with van der Waals surface area (Å²) in [5, 5.41) is 2.54. The van der Waals surface area contributed by atoms with Crippen LogP contribution in [0.4, 0.5) is 14.9 Å². The first kappa shape index (κ1) is 14.6. The minimum absolute atomic E-state index is 0.0533. The largest absolute Gasteiger partial charge is 0.449 e. The van der Waals surface area contributed by atoms with Crippen molar-refractivity contribution in [1.29, 1.82) is 0 Å². The lowest BCUT2D eigenvalue weighted by atomic mass is 10.3. The quantitative estimate of drug-likeness (QED) is 0.930. The van der Waals surface area contributed by atoms with Crippen LogP contribution < -0.4 is 5.32 Å². The molecule has 5 nitrogen and oxygen atoms in total. The summed E-state index contributed by atoms with van der Waals surface area (Å²) in [7, 11) is 0. The number of nitrogens with zero attached hydrogens (tertiary/aromatic N) is 1. The summed E-state index contributed by atoms with van der Waals surface area (Å²) in [5.74, 6) is -0.813. The average Bonchev–Trinajstić information content (AvgIpc) is 2.42. The molecular formula is C13H14ClFN2O3. The van der Waals surface area contributed by atoms with Gasteiger partial charge in [-0.1, -0.05) is 11.6 Å². The molecule has 2 rings (SSSR count). The molecule has 0 radical (unpaired) electrons. The third kappa shape index (κ3) is 3.84. The van der Waals surface area contributed by atoms with E-state index < -0.39 is 11.9 Å². The Morgan fingerprint density at radius 3 is 3.00 bits per heavy atom. The maximum absolute atomic E-state index is 13.0. The van der Waals surface area contributed by atoms with E-state index >= 15 is 0 Å². The zero-order valence-corrected chi connectivity index (χ0v) is 11.5. The molecule has 108 valence electrons. The van der Waals surface area contributed by atoms with Gasteiger partial charge in [0.05, 0.1) is 11.6 Å². The summed E-state index contributed by atoms with van der Waals surface area (Å²) in [5.41, 5.74) is 0.419. The minimum atomic E-state index is -0.541. The monoisotopic (exact) mass is 300 g/mol. The first-order chi connectivity index (χ1) is 9.56. The topological polar surface area (TPSA) is 58.6 Å². The Labute approximate surface area is 120 Å². The molecule has 0 spiro atoms. The highest BCUT2D eigenvalue weighted by molar-refractivity contribution is 6.31. The Balaban J connectivity index is 1.83. The summed E-state index contributed by atoms with van der Waals surface area (Å²) in [6.07, 6.45) is 0.513. The van der Waals surface area contributed by atoms with Crippen molar-refractivity contribution in [3.8, 4) is 0 Å². The SMILES string of the molecule is O=C(CCN1CCCOC1=O)Nc1ccc(F)c(Cl)c1. The fourth-order valence-electron chi connectivity index (χ4n) is 1.83. The summed E-state index contributed by atoms with van der Waals surface area (Å²) in [6, 6.07) is 3.94. The van der Waals surface area contributed by atoms with E-state index in [1.807, 2.05) is 0 Å². The van der Waals surface area contributed by atoms with Crippen LogP contribution >= 0.6 is 11.6 Å². The molecule has 7 heteroatoms. The molecule has 0 saturated carbocycles. The van der Waals surface area contributed by atoms with E-state index in [9.17, 15) is 14.0 Å². The van der Waals surface area contributed by atoms with Gasteiger partial charge in [-0.25, -0.2) is 9.18 Å². The van der Waals surface area contributed by atoms with E-state index in [4.69, 9.17) is 16.3 Å². The van der Waals surface area contributed by atoms with Crippen LogP contribution in [0.2, 0.25) is 5.02 Å². The number of hydrogen-bond donors (Lipinski definition) is 1. The molecule has 2 amide bonds. The van der Waals surface area contributed by atoms with Crippen molar-refractivity contribution in [2.24, 2.45) is 0 Å². The first-order valence-corrected chi connectivity index (χ1v) is 6.60. The van der Waals surface area contributed by atoms with Crippen molar-refractivity contribution in [3.63, 3.8) is 0 Å². The maximum atomic E-state index is 13.0. The molecule has 0 unspecified atom stereocenters. The Hall–Kier alpha value is -1.82. The number of cyclic esters (lactones) is 1. The normalized spacial score (nSPS) is 14.9. The van der Waals surface area contributed by atoms with E-state index in [1.54, 1.807) is 0 Å². The number of benzene rings is 1. The number of anilines is 1. The molecule has 1 heterocycles. The van der Waals surface area contributed by atoms with Gasteiger partial charge in [0.2, 0.25) is 5.91 Å². The second-order valence-electron chi connectivity index (χ2n) is 4.38. The molecule has 1 fully saturated rings. The molecule has 20 heavy (non-hydrogen) atoms. The Kier molecular flexibility index (Phi) is 4.79. The highest BCUT2D eigenvalue weighted by Crippen LogP contribution is 2.19. The van der Waals surface area contributed by atoms with Crippen LogP contribution in [0.1, 0.15) is 12.8 Å². The zero-order chi connectivity index (χ0) is 14.5. The molecule has 0 atom stereocenters. The smallest absolute Gasteiger partial charge is 0.409 e. The van der Waals surface area contributed by atoms with Gasteiger partial charge in [0.25, 0.3) is 0 Å². The van der Waals surface area contributed by atoms with Gasteiger partial charge in [0, 0.05) is 25.2 Å². The summed E-state index contributed by atoms with van der Waals surface area (Å²) in [4.78, 5) is 24.6. The number of nitrogens with one attached hydrogen (secondary N) is 1. The van der Waals surface area contributed by atoms with Gasteiger partial charge < -0.3 is 15.0 Å². The lowest BCUT2D eigenvalue weighted by molar-refractivity contribution is -0.116. The minimum Gasteiger partial charge on any atom is -0.449 e. The van der Waals surface area contributed by atoms with Gasteiger partial charge in [-0.05, 0) is 24.6 Å². The molecule has 1 aliphatic heterocycles. The summed E-state index contributed by atoms with van der Waals surface area (Å²) in [6.45, 7) is 1.31. The third-order valence-corrected chi connectivity index (χ3v) is 3.16. The highest BCUT2D eigenvalue weighted by atomic mass is 35.5. The second kappa shape index (κ2) is 6.56. The van der Waals surface area contributed by atoms with Crippen LogP contribution in [0.25, 0.3) is 0 Å². The van der Waals surface area contributed by atoms with Crippen LogP contribution in [0, 0.1) is 5.82 Å². The number of carbonyl (C=O) groups excluding carboxylic acids is 2. The lowest BCUT2D eigenvalue weighted by Gasteiger charge is -2.25. The molecule has 0 aromatic heterocycles. The number of hydrogen-bond acceptors (Lipinski definition) is 3. The van der Waals surface area contributed by atoms with Crippen molar-refractivity contribution >= 4 is 29.3 Å². The molecule has 0 aliphatic carbocycles. The van der Waals surface area contributed by atoms with Crippen LogP contribution in [0.3, 0.4) is 0 Å². The van der Waals surface area contributed by atoms with Gasteiger partial charge in [-0.15, -0.1) is 0 Å². The predicted octanol–water partition coefficient (Wildman–Crippen LogP) is 2.65. The van der Waals surface area contributed by atoms with Crippen LogP contribution in [0.5, 0.6) is 0 Å². The third-order valence-electron chi connectivity index (χ3n) is 2.87. The zero-order valence-electron chi connectivity index (χ0n) is 10.7. The van der Waals surface area contributed by atoms with Gasteiger partial charge in [0.1, 0.15) is 5.82 Å². The summed E-state index contributed by atoms with van der Waals surface area (Å²) < 4.78 is 17.8. The molecular weight excluding hydrogens is 287 g/mol. The van der Waals surface area contributed by atoms with Crippen LogP contribution in [-0.4, -0.2) is 36.6 Å². The van der Waals surface area contributed by atoms with E-state index in [2.05, 4.69) is 5.32 Å². The van der Waals surface area contributed by atoms with Gasteiger partial charge in [0.15, 0.2) is 0 Å². The molecule has 1 N–H and O–H groups in total. The molecule has 1 aliphatic rings. The van der Waals surface area contributed by atoms with Crippen LogP contribution in [-0.2, 0) is 9.53 Å². The Bertz CT molecular complexity index is 524. The number of halogens is 2. The molecule has 1 aromatic rings. The van der Waals surface area contributed by atoms with E-state index in [1.165, 1.54) is 23.1 Å². The number of amides is 2. The standard InChI is InChI=1S/C13H14ClFN2O3/c14-10-8-9(2-3-11(10)15)16-12(18)4-6-17-5-1-7-20-13(17)19/h2-3,8H,1,4-7H2,(H,16,18). The molecule has 0 bridgehead atoms. The van der Waals surface area contributed by atoms with E-state index in [-0.39, 0.29) is 17.4 Å². The Morgan fingerprint density at radius 2 is 2.30 bits per heavy atom. The van der Waals surface area contributed by atoms with Crippen molar-refractivity contribution in [2.75, 3.05) is 25.0 Å². The van der Waals surface area contributed by atoms with Crippen LogP contribution in [0.15, 0.2) is 18.2 Å². The number of carbonyl (C=O) groups is 2. The number of ether oxygens (including phenoxy) is 1. The fourth-order valence-corrected chi connectivity index (χ4v) is 2.01. The van der Waals surface area contributed by atoms with Gasteiger partial charge in [-0.3, -0.25) is 4.79 Å². The lowest BCUT2D eigenvalue weighted by Crippen LogP contribution is -2.39. The predicted molar refractivity (Wildman–Crippen MR) is 72.2 cm³/mol. The number of rotatable bonds is 4. The highest BCUT2D eigenvalue weighted by Gasteiger charge is 2.20. The average molecular weight is 301 g/mol. The van der Waals surface area contributed by atoms with E-state index in [0.717, 1.165) is 6.42 Å². The van der Waals surface area contributed by atoms with Crippen molar-refractivity contribution in [2.45, 2.75) is 12.8 Å². The fraction of sp³-hybridized carbons (Fsp3) is 0.385. The Morgan fingerprint density at radius 1 is 1.50 bits per heavy atom. The van der Waals surface area contributed by atoms with Gasteiger partial charge in [-0.2, -0.15) is 0 Å². The second-order valence-corrected chi connectivity index (χ2v) is 4.79.